The Balaban J connectivity index is 1.59. The highest BCUT2D eigenvalue weighted by atomic mass is 32.1. The van der Waals surface area contributed by atoms with Crippen molar-refractivity contribution in [3.8, 4) is 11.5 Å². The van der Waals surface area contributed by atoms with E-state index in [0.29, 0.717) is 27.3 Å². The summed E-state index contributed by atoms with van der Waals surface area (Å²) in [5.41, 5.74) is 6.00. The molecule has 1 aromatic carbocycles. The normalized spacial score (nSPS) is 10.7. The van der Waals surface area contributed by atoms with Crippen LogP contribution in [-0.2, 0) is 22.4 Å². The van der Waals surface area contributed by atoms with Crippen molar-refractivity contribution in [2.24, 2.45) is 0 Å². The zero-order valence-corrected chi connectivity index (χ0v) is 17.9. The number of carbonyl (C=O) groups is 2. The van der Waals surface area contributed by atoms with Gasteiger partial charge in [0.1, 0.15) is 10.7 Å². The van der Waals surface area contributed by atoms with Crippen LogP contribution in [0.5, 0.6) is 11.5 Å². The zero-order chi connectivity index (χ0) is 21.8. The molecule has 10 heteroatoms. The number of aromatic amines is 1. The Kier molecular flexibility index (Phi) is 6.36. The number of carbonyl (C=O) groups excluding carboxylic acids is 2. The number of ether oxygens (including phenoxy) is 2. The lowest BCUT2D eigenvalue weighted by atomic mass is 10.1. The van der Waals surface area contributed by atoms with Crippen LogP contribution in [0.4, 0.5) is 0 Å². The summed E-state index contributed by atoms with van der Waals surface area (Å²) in [5.74, 6) is 0.404. The second-order valence-corrected chi connectivity index (χ2v) is 7.82. The van der Waals surface area contributed by atoms with Crippen molar-refractivity contribution in [1.82, 2.24) is 20.8 Å². The molecule has 0 bridgehead atoms. The molecule has 3 rings (SSSR count). The van der Waals surface area contributed by atoms with E-state index in [1.165, 1.54) is 25.6 Å². The van der Waals surface area contributed by atoms with Gasteiger partial charge in [-0.2, -0.15) is 0 Å². The first kappa shape index (κ1) is 21.3. The maximum absolute atomic E-state index is 12.3. The molecule has 0 radical (unpaired) electrons. The number of thiophene rings is 1. The van der Waals surface area contributed by atoms with E-state index < -0.39 is 11.8 Å². The van der Waals surface area contributed by atoms with Crippen molar-refractivity contribution < 1.29 is 19.1 Å². The molecule has 0 saturated heterocycles. The molecule has 2 aromatic heterocycles. The Hall–Kier alpha value is -3.40. The standard InChI is InChI=1S/C20H22N4O5S/c1-10-11(2)30-20-18(10)19(27)21-15(22-20)9-17(26)24-23-16(25)8-12-5-6-13(28-3)14(7-12)29-4/h5-7H,8-9H2,1-4H3,(H,23,25)(H,24,26)(H,21,22,27). The van der Waals surface area contributed by atoms with Gasteiger partial charge in [-0.15, -0.1) is 11.3 Å². The van der Waals surface area contributed by atoms with Crippen LogP contribution in [0.1, 0.15) is 21.8 Å². The largest absolute Gasteiger partial charge is 0.493 e. The van der Waals surface area contributed by atoms with Crippen LogP contribution in [-0.4, -0.2) is 36.0 Å². The van der Waals surface area contributed by atoms with Gasteiger partial charge in [-0.05, 0) is 37.1 Å². The number of rotatable bonds is 6. The maximum Gasteiger partial charge on any atom is 0.259 e. The summed E-state index contributed by atoms with van der Waals surface area (Å²) in [6, 6.07) is 5.12. The molecule has 0 unspecified atom stereocenters. The van der Waals surface area contributed by atoms with Crippen LogP contribution >= 0.6 is 11.3 Å². The predicted molar refractivity (Wildman–Crippen MR) is 113 cm³/mol. The van der Waals surface area contributed by atoms with E-state index in [0.717, 1.165) is 10.4 Å². The van der Waals surface area contributed by atoms with E-state index in [2.05, 4.69) is 20.8 Å². The van der Waals surface area contributed by atoms with E-state index in [1.807, 2.05) is 13.8 Å². The number of hydrogen-bond acceptors (Lipinski definition) is 7. The van der Waals surface area contributed by atoms with Gasteiger partial charge in [0.25, 0.3) is 5.56 Å². The molecule has 3 N–H and O–H groups in total. The summed E-state index contributed by atoms with van der Waals surface area (Å²) < 4.78 is 10.4. The van der Waals surface area contributed by atoms with Gasteiger partial charge in [0.2, 0.25) is 11.8 Å². The summed E-state index contributed by atoms with van der Waals surface area (Å²) in [6.07, 6.45) is -0.132. The van der Waals surface area contributed by atoms with Gasteiger partial charge in [0, 0.05) is 4.88 Å². The predicted octanol–water partition coefficient (Wildman–Crippen LogP) is 1.55. The number of amides is 2. The summed E-state index contributed by atoms with van der Waals surface area (Å²) in [7, 11) is 3.04. The Labute approximate surface area is 176 Å². The molecule has 2 heterocycles. The van der Waals surface area contributed by atoms with Crippen molar-refractivity contribution in [1.29, 1.82) is 0 Å². The summed E-state index contributed by atoms with van der Waals surface area (Å²) in [6.45, 7) is 3.78. The molecule has 30 heavy (non-hydrogen) atoms. The van der Waals surface area contributed by atoms with Crippen molar-refractivity contribution in [3.63, 3.8) is 0 Å². The van der Waals surface area contributed by atoms with Crippen molar-refractivity contribution >= 4 is 33.4 Å². The molecule has 0 atom stereocenters. The highest BCUT2D eigenvalue weighted by Crippen LogP contribution is 2.27. The fourth-order valence-corrected chi connectivity index (χ4v) is 3.99. The molecule has 0 aliphatic carbocycles. The smallest absolute Gasteiger partial charge is 0.259 e. The fraction of sp³-hybridized carbons (Fsp3) is 0.300. The Morgan fingerprint density at radius 1 is 1.07 bits per heavy atom. The molecule has 0 aliphatic heterocycles. The quantitative estimate of drug-likeness (QED) is 0.510. The molecule has 0 saturated carbocycles. The zero-order valence-electron chi connectivity index (χ0n) is 17.0. The van der Waals surface area contributed by atoms with E-state index in [-0.39, 0.29) is 24.2 Å². The molecular formula is C20H22N4O5S. The maximum atomic E-state index is 12.3. The summed E-state index contributed by atoms with van der Waals surface area (Å²) >= 11 is 1.41. The summed E-state index contributed by atoms with van der Waals surface area (Å²) in [5, 5.41) is 0.546. The van der Waals surface area contributed by atoms with Crippen LogP contribution in [0.2, 0.25) is 0 Å². The van der Waals surface area contributed by atoms with Crippen molar-refractivity contribution in [2.45, 2.75) is 26.7 Å². The molecule has 0 spiro atoms. The fourth-order valence-electron chi connectivity index (χ4n) is 2.94. The number of benzene rings is 1. The first-order valence-electron chi connectivity index (χ1n) is 9.09. The van der Waals surface area contributed by atoms with Crippen molar-refractivity contribution in [3.05, 3.63) is 50.4 Å². The number of hydrogen-bond donors (Lipinski definition) is 3. The Bertz CT molecular complexity index is 1170. The number of nitrogens with one attached hydrogen (secondary N) is 3. The molecule has 158 valence electrons. The monoisotopic (exact) mass is 430 g/mol. The average molecular weight is 430 g/mol. The number of methoxy groups -OCH3 is 2. The minimum Gasteiger partial charge on any atom is -0.493 e. The SMILES string of the molecule is COc1ccc(CC(=O)NNC(=O)Cc2nc3sc(C)c(C)c3c(=O)[nH]2)cc1OC. The first-order valence-corrected chi connectivity index (χ1v) is 9.91. The third-order valence-electron chi connectivity index (χ3n) is 4.57. The van der Waals surface area contributed by atoms with Crippen LogP contribution in [0.3, 0.4) is 0 Å². The minimum absolute atomic E-state index is 0.0371. The summed E-state index contributed by atoms with van der Waals surface area (Å²) in [4.78, 5) is 45.1. The number of aromatic nitrogens is 2. The lowest BCUT2D eigenvalue weighted by Gasteiger charge is -2.10. The number of fused-ring (bicyclic) bond motifs is 1. The lowest BCUT2D eigenvalue weighted by Crippen LogP contribution is -2.43. The van der Waals surface area contributed by atoms with E-state index in [1.54, 1.807) is 18.2 Å². The van der Waals surface area contributed by atoms with Gasteiger partial charge in [-0.3, -0.25) is 25.2 Å². The van der Waals surface area contributed by atoms with Gasteiger partial charge >= 0.3 is 0 Å². The average Bonchev–Trinajstić information content (AvgIpc) is 3.00. The third-order valence-corrected chi connectivity index (χ3v) is 5.67. The minimum atomic E-state index is -0.497. The van der Waals surface area contributed by atoms with Gasteiger partial charge < -0.3 is 14.5 Å². The second-order valence-electron chi connectivity index (χ2n) is 6.62. The second kappa shape index (κ2) is 8.95. The highest BCUT2D eigenvalue weighted by Gasteiger charge is 2.14. The number of nitrogens with zero attached hydrogens (tertiary/aromatic N) is 1. The van der Waals surface area contributed by atoms with Gasteiger partial charge in [-0.1, -0.05) is 6.07 Å². The van der Waals surface area contributed by atoms with Crippen LogP contribution in [0.25, 0.3) is 10.2 Å². The Morgan fingerprint density at radius 3 is 2.40 bits per heavy atom. The third kappa shape index (κ3) is 4.60. The van der Waals surface area contributed by atoms with E-state index in [9.17, 15) is 14.4 Å². The van der Waals surface area contributed by atoms with E-state index in [4.69, 9.17) is 9.47 Å². The molecule has 9 nitrogen and oxygen atoms in total. The van der Waals surface area contributed by atoms with Crippen LogP contribution in [0.15, 0.2) is 23.0 Å². The van der Waals surface area contributed by atoms with Gasteiger partial charge in [0.05, 0.1) is 32.4 Å². The first-order chi connectivity index (χ1) is 14.3. The molecular weight excluding hydrogens is 408 g/mol. The van der Waals surface area contributed by atoms with Crippen molar-refractivity contribution in [2.75, 3.05) is 14.2 Å². The van der Waals surface area contributed by atoms with Gasteiger partial charge in [-0.25, -0.2) is 4.98 Å². The van der Waals surface area contributed by atoms with Crippen LogP contribution in [0, 0.1) is 13.8 Å². The lowest BCUT2D eigenvalue weighted by molar-refractivity contribution is -0.128. The molecule has 0 aliphatic rings. The van der Waals surface area contributed by atoms with Gasteiger partial charge in [0.15, 0.2) is 11.5 Å². The van der Waals surface area contributed by atoms with E-state index >= 15 is 0 Å². The number of H-pyrrole nitrogens is 1. The number of aryl methyl sites for hydroxylation is 2. The van der Waals surface area contributed by atoms with Crippen LogP contribution < -0.4 is 25.9 Å². The molecule has 0 fully saturated rings. The highest BCUT2D eigenvalue weighted by molar-refractivity contribution is 7.18. The molecule has 3 aromatic rings. The number of hydrazine groups is 1. The molecule has 2 amide bonds. The Morgan fingerprint density at radius 2 is 1.73 bits per heavy atom. The topological polar surface area (TPSA) is 122 Å².